The van der Waals surface area contributed by atoms with Gasteiger partial charge in [0.15, 0.2) is 0 Å². The fourth-order valence-electron chi connectivity index (χ4n) is 3.87. The number of carbonyl (C=O) groups is 1. The molecule has 0 spiro atoms. The zero-order valence-corrected chi connectivity index (χ0v) is 20.3. The lowest BCUT2D eigenvalue weighted by Gasteiger charge is -2.15. The minimum Gasteiger partial charge on any atom is -0.508 e. The highest BCUT2D eigenvalue weighted by Crippen LogP contribution is 2.33. The molecule has 4 rings (SSSR count). The van der Waals surface area contributed by atoms with Gasteiger partial charge in [-0.15, -0.1) is 0 Å². The second kappa shape index (κ2) is 10.2. The Balaban J connectivity index is 1.60. The predicted molar refractivity (Wildman–Crippen MR) is 137 cm³/mol. The Morgan fingerprint density at radius 1 is 0.889 bits per heavy atom. The van der Waals surface area contributed by atoms with Gasteiger partial charge in [0.2, 0.25) is 9.84 Å². The zero-order chi connectivity index (χ0) is 25.9. The van der Waals surface area contributed by atoms with E-state index in [1.54, 1.807) is 49.4 Å². The van der Waals surface area contributed by atoms with Gasteiger partial charge in [-0.2, -0.15) is 0 Å². The lowest BCUT2D eigenvalue weighted by molar-refractivity contribution is 0.0950. The average molecular weight is 502 g/mol. The molecule has 0 unspecified atom stereocenters. The predicted octanol–water partition coefficient (Wildman–Crippen LogP) is 5.66. The van der Waals surface area contributed by atoms with Crippen LogP contribution < -0.4 is 5.32 Å². The molecule has 0 fully saturated rings. The van der Waals surface area contributed by atoms with Gasteiger partial charge in [-0.1, -0.05) is 49.0 Å². The van der Waals surface area contributed by atoms with E-state index in [0.29, 0.717) is 27.8 Å². The third kappa shape index (κ3) is 5.21. The zero-order valence-electron chi connectivity index (χ0n) is 19.5. The molecule has 0 heterocycles. The molecule has 4 aromatic rings. The molecular weight excluding hydrogens is 477 g/mol. The molecule has 2 N–H and O–H groups in total. The molecule has 0 aromatic heterocycles. The van der Waals surface area contributed by atoms with Crippen molar-refractivity contribution in [3.05, 3.63) is 131 Å². The fraction of sp³-hybridized carbons (Fsp3) is 0.0690. The van der Waals surface area contributed by atoms with E-state index < -0.39 is 9.84 Å². The number of hydrogen-bond donors (Lipinski definition) is 2. The monoisotopic (exact) mass is 501 g/mol. The number of hydrogen-bond acceptors (Lipinski definition) is 4. The summed E-state index contributed by atoms with van der Waals surface area (Å²) in [6, 6.07) is 23.2. The smallest absolute Gasteiger partial charge is 0.251 e. The lowest BCUT2D eigenvalue weighted by atomic mass is 9.99. The molecule has 1 amide bonds. The number of phenols is 1. The Morgan fingerprint density at radius 2 is 1.53 bits per heavy atom. The highest BCUT2D eigenvalue weighted by molar-refractivity contribution is 7.91. The van der Waals surface area contributed by atoms with E-state index in [4.69, 9.17) is 0 Å². The Kier molecular flexibility index (Phi) is 7.03. The van der Waals surface area contributed by atoms with Crippen LogP contribution in [0, 0.1) is 12.7 Å². The highest BCUT2D eigenvalue weighted by atomic mass is 32.2. The van der Waals surface area contributed by atoms with E-state index in [1.807, 2.05) is 0 Å². The third-order valence-electron chi connectivity index (χ3n) is 5.81. The molecule has 182 valence electrons. The highest BCUT2D eigenvalue weighted by Gasteiger charge is 2.25. The Hall–Kier alpha value is -4.23. The lowest BCUT2D eigenvalue weighted by Crippen LogP contribution is -2.23. The van der Waals surface area contributed by atoms with Gasteiger partial charge in [0.05, 0.1) is 9.79 Å². The van der Waals surface area contributed by atoms with Gasteiger partial charge in [0.25, 0.3) is 5.91 Å². The summed E-state index contributed by atoms with van der Waals surface area (Å²) in [5, 5.41) is 12.3. The SMILES string of the molecule is C=C(c1ccc(O)cc1)c1ccccc1S(=O)(=O)c1ccc(C(=O)NCc2ccc(F)cc2)cc1C. The van der Waals surface area contributed by atoms with E-state index in [9.17, 15) is 22.7 Å². The second-order valence-electron chi connectivity index (χ2n) is 8.31. The average Bonchev–Trinajstić information content (AvgIpc) is 2.88. The van der Waals surface area contributed by atoms with Gasteiger partial charge in [-0.3, -0.25) is 4.79 Å². The van der Waals surface area contributed by atoms with Crippen molar-refractivity contribution in [1.82, 2.24) is 5.32 Å². The minimum absolute atomic E-state index is 0.0866. The molecule has 0 saturated carbocycles. The summed E-state index contributed by atoms with van der Waals surface area (Å²) >= 11 is 0. The van der Waals surface area contributed by atoms with E-state index in [2.05, 4.69) is 11.9 Å². The van der Waals surface area contributed by atoms with Crippen LogP contribution in [0.4, 0.5) is 4.39 Å². The number of rotatable bonds is 7. The van der Waals surface area contributed by atoms with Crippen LogP contribution in [0.5, 0.6) is 5.75 Å². The summed E-state index contributed by atoms with van der Waals surface area (Å²) in [6.07, 6.45) is 0. The second-order valence-corrected chi connectivity index (χ2v) is 10.2. The number of sulfone groups is 1. The van der Waals surface area contributed by atoms with Crippen LogP contribution in [0.2, 0.25) is 0 Å². The number of aryl methyl sites for hydroxylation is 1. The van der Waals surface area contributed by atoms with E-state index >= 15 is 0 Å². The quantitative estimate of drug-likeness (QED) is 0.342. The Morgan fingerprint density at radius 3 is 2.19 bits per heavy atom. The Labute approximate surface area is 209 Å². The van der Waals surface area contributed by atoms with Gasteiger partial charge in [0, 0.05) is 17.7 Å². The van der Waals surface area contributed by atoms with E-state index in [1.165, 1.54) is 48.5 Å². The minimum atomic E-state index is -3.94. The molecule has 0 aliphatic heterocycles. The molecule has 0 atom stereocenters. The first kappa shape index (κ1) is 24.9. The van der Waals surface area contributed by atoms with Crippen molar-refractivity contribution in [3.8, 4) is 5.75 Å². The van der Waals surface area contributed by atoms with Crippen LogP contribution in [0.25, 0.3) is 5.57 Å². The van der Waals surface area contributed by atoms with Crippen molar-refractivity contribution in [2.24, 2.45) is 0 Å². The molecule has 4 aromatic carbocycles. The molecule has 0 bridgehead atoms. The number of carbonyl (C=O) groups excluding carboxylic acids is 1. The number of nitrogens with one attached hydrogen (secondary N) is 1. The molecule has 0 saturated heterocycles. The van der Waals surface area contributed by atoms with Crippen molar-refractivity contribution in [2.75, 3.05) is 0 Å². The van der Waals surface area contributed by atoms with Crippen molar-refractivity contribution in [2.45, 2.75) is 23.3 Å². The van der Waals surface area contributed by atoms with Crippen LogP contribution in [0.15, 0.2) is 107 Å². The number of amides is 1. The van der Waals surface area contributed by atoms with Crippen molar-refractivity contribution in [3.63, 3.8) is 0 Å². The van der Waals surface area contributed by atoms with Gasteiger partial charge in [-0.05, 0) is 77.7 Å². The van der Waals surface area contributed by atoms with Gasteiger partial charge >= 0.3 is 0 Å². The van der Waals surface area contributed by atoms with E-state index in [-0.39, 0.29) is 33.8 Å². The van der Waals surface area contributed by atoms with Crippen LogP contribution in [0.3, 0.4) is 0 Å². The van der Waals surface area contributed by atoms with Gasteiger partial charge < -0.3 is 10.4 Å². The summed E-state index contributed by atoms with van der Waals surface area (Å²) in [6.45, 7) is 5.94. The largest absolute Gasteiger partial charge is 0.508 e. The molecule has 0 aliphatic rings. The number of aromatic hydroxyl groups is 1. The summed E-state index contributed by atoms with van der Waals surface area (Å²) in [5.41, 5.74) is 3.11. The fourth-order valence-corrected chi connectivity index (χ4v) is 5.57. The number of phenolic OH excluding ortho intramolecular Hbond substituents is 1. The van der Waals surface area contributed by atoms with Crippen LogP contribution >= 0.6 is 0 Å². The normalized spacial score (nSPS) is 11.2. The van der Waals surface area contributed by atoms with Crippen molar-refractivity contribution >= 4 is 21.3 Å². The third-order valence-corrected chi connectivity index (χ3v) is 7.78. The molecule has 0 aliphatic carbocycles. The first-order valence-electron chi connectivity index (χ1n) is 11.1. The maximum Gasteiger partial charge on any atom is 0.251 e. The molecule has 0 radical (unpaired) electrons. The Bertz CT molecular complexity index is 1540. The van der Waals surface area contributed by atoms with Gasteiger partial charge in [0.1, 0.15) is 11.6 Å². The molecule has 5 nitrogen and oxygen atoms in total. The standard InChI is InChI=1S/C29H24FNO4S/c1-19-17-23(29(33)31-18-21-7-12-24(30)13-8-21)11-16-27(19)36(34,35)28-6-4-3-5-26(28)20(2)22-9-14-25(32)15-10-22/h3-17,32H,2,18H2,1H3,(H,31,33). The summed E-state index contributed by atoms with van der Waals surface area (Å²) in [5.74, 6) is -0.622. The first-order chi connectivity index (χ1) is 17.2. The maximum absolute atomic E-state index is 13.7. The number of halogens is 1. The molecule has 36 heavy (non-hydrogen) atoms. The van der Waals surface area contributed by atoms with E-state index in [0.717, 1.165) is 5.56 Å². The summed E-state index contributed by atoms with van der Waals surface area (Å²) < 4.78 is 40.4. The van der Waals surface area contributed by atoms with Crippen molar-refractivity contribution < 1.29 is 22.7 Å². The summed E-state index contributed by atoms with van der Waals surface area (Å²) in [7, 11) is -3.94. The van der Waals surface area contributed by atoms with Crippen LogP contribution in [-0.2, 0) is 16.4 Å². The van der Waals surface area contributed by atoms with Gasteiger partial charge in [-0.25, -0.2) is 12.8 Å². The van der Waals surface area contributed by atoms with Crippen molar-refractivity contribution in [1.29, 1.82) is 0 Å². The first-order valence-corrected chi connectivity index (χ1v) is 12.6. The van der Waals surface area contributed by atoms with Crippen LogP contribution in [-0.4, -0.2) is 19.4 Å². The molecular formula is C29H24FNO4S. The van der Waals surface area contributed by atoms with Crippen LogP contribution in [0.1, 0.15) is 32.6 Å². The maximum atomic E-state index is 13.7. The molecule has 7 heteroatoms. The topological polar surface area (TPSA) is 83.5 Å². The number of benzene rings is 4. The summed E-state index contributed by atoms with van der Waals surface area (Å²) in [4.78, 5) is 12.8.